The third-order valence-electron chi connectivity index (χ3n) is 2.18. The van der Waals surface area contributed by atoms with E-state index < -0.39 is 0 Å². The average Bonchev–Trinajstić information content (AvgIpc) is 2.22. The van der Waals surface area contributed by atoms with E-state index in [-0.39, 0.29) is 11.6 Å². The van der Waals surface area contributed by atoms with Crippen molar-refractivity contribution in [1.29, 1.82) is 0 Å². The molecule has 1 aromatic rings. The van der Waals surface area contributed by atoms with E-state index in [1.54, 1.807) is 30.0 Å². The van der Waals surface area contributed by atoms with Gasteiger partial charge in [0.15, 0.2) is 0 Å². The molecule has 0 saturated carbocycles. The molecule has 1 aromatic heterocycles. The Kier molecular flexibility index (Phi) is 5.07. The van der Waals surface area contributed by atoms with Gasteiger partial charge in [-0.05, 0) is 12.6 Å². The van der Waals surface area contributed by atoms with E-state index in [0.717, 1.165) is 6.54 Å². The van der Waals surface area contributed by atoms with Gasteiger partial charge in [0.1, 0.15) is 0 Å². The van der Waals surface area contributed by atoms with Crippen molar-refractivity contribution in [3.8, 4) is 0 Å². The van der Waals surface area contributed by atoms with Gasteiger partial charge < -0.3 is 14.6 Å². The fraction of sp³-hybridized carbons (Fsp3) is 0.545. The average molecular weight is 210 g/mol. The molecule has 1 atom stereocenters. The van der Waals surface area contributed by atoms with Crippen LogP contribution in [0.25, 0.3) is 0 Å². The van der Waals surface area contributed by atoms with Crippen LogP contribution in [0.4, 0.5) is 0 Å². The molecular formula is C11H18N2O2. The molecule has 84 valence electrons. The summed E-state index contributed by atoms with van der Waals surface area (Å²) in [7, 11) is 1.66. The summed E-state index contributed by atoms with van der Waals surface area (Å²) < 4.78 is 6.78. The van der Waals surface area contributed by atoms with Crippen molar-refractivity contribution < 1.29 is 4.74 Å². The Labute approximate surface area is 89.9 Å². The Bertz CT molecular complexity index is 329. The first-order valence-electron chi connectivity index (χ1n) is 5.15. The van der Waals surface area contributed by atoms with Crippen LogP contribution >= 0.6 is 0 Å². The molecule has 0 aliphatic heterocycles. The van der Waals surface area contributed by atoms with Crippen LogP contribution in [0.2, 0.25) is 0 Å². The van der Waals surface area contributed by atoms with Gasteiger partial charge >= 0.3 is 0 Å². The molecule has 1 unspecified atom stereocenters. The molecule has 4 nitrogen and oxygen atoms in total. The molecule has 0 aromatic carbocycles. The lowest BCUT2D eigenvalue weighted by molar-refractivity contribution is 0.159. The van der Waals surface area contributed by atoms with Gasteiger partial charge in [0.25, 0.3) is 5.56 Å². The van der Waals surface area contributed by atoms with E-state index in [2.05, 4.69) is 5.32 Å². The predicted molar refractivity (Wildman–Crippen MR) is 60.0 cm³/mol. The smallest absolute Gasteiger partial charge is 0.250 e. The third-order valence-corrected chi connectivity index (χ3v) is 2.18. The van der Waals surface area contributed by atoms with Gasteiger partial charge in [0.05, 0.1) is 6.61 Å². The summed E-state index contributed by atoms with van der Waals surface area (Å²) in [6, 6.07) is 5.35. The summed E-state index contributed by atoms with van der Waals surface area (Å²) >= 11 is 0. The summed E-state index contributed by atoms with van der Waals surface area (Å²) in [4.78, 5) is 11.5. The number of nitrogens with zero attached hydrogens (tertiary/aromatic N) is 1. The maximum atomic E-state index is 11.5. The highest BCUT2D eigenvalue weighted by Crippen LogP contribution is 1.91. The van der Waals surface area contributed by atoms with Gasteiger partial charge in [-0.2, -0.15) is 0 Å². The zero-order valence-corrected chi connectivity index (χ0v) is 9.27. The Morgan fingerprint density at radius 1 is 1.53 bits per heavy atom. The molecule has 4 heteroatoms. The Morgan fingerprint density at radius 3 is 2.93 bits per heavy atom. The van der Waals surface area contributed by atoms with E-state index in [4.69, 9.17) is 4.74 Å². The molecule has 0 aliphatic rings. The summed E-state index contributed by atoms with van der Waals surface area (Å²) in [6.45, 7) is 4.16. The highest BCUT2D eigenvalue weighted by atomic mass is 16.5. The lowest BCUT2D eigenvalue weighted by atomic mass is 10.3. The zero-order valence-electron chi connectivity index (χ0n) is 9.27. The van der Waals surface area contributed by atoms with Crippen LogP contribution in [0.3, 0.4) is 0 Å². The number of hydrogen-bond donors (Lipinski definition) is 1. The van der Waals surface area contributed by atoms with Crippen molar-refractivity contribution in [2.45, 2.75) is 19.5 Å². The number of rotatable bonds is 6. The standard InChI is InChI=1S/C11H18N2O2/c1-3-12-10(9-15-2)8-13-7-5-4-6-11(13)14/h4-7,10,12H,3,8-9H2,1-2H3. The number of ether oxygens (including phenoxy) is 1. The third kappa shape index (κ3) is 3.85. The summed E-state index contributed by atoms with van der Waals surface area (Å²) in [5.74, 6) is 0. The van der Waals surface area contributed by atoms with Crippen molar-refractivity contribution in [2.24, 2.45) is 0 Å². The van der Waals surface area contributed by atoms with E-state index in [0.29, 0.717) is 13.2 Å². The Balaban J connectivity index is 2.65. The monoisotopic (exact) mass is 210 g/mol. The highest BCUT2D eigenvalue weighted by molar-refractivity contribution is 4.93. The summed E-state index contributed by atoms with van der Waals surface area (Å²) in [5, 5.41) is 3.27. The molecule has 1 heterocycles. The number of likely N-dealkylation sites (N-methyl/N-ethyl adjacent to an activating group) is 1. The van der Waals surface area contributed by atoms with Gasteiger partial charge in [-0.1, -0.05) is 13.0 Å². The second-order valence-electron chi connectivity index (χ2n) is 3.40. The minimum Gasteiger partial charge on any atom is -0.383 e. The molecule has 0 radical (unpaired) electrons. The van der Waals surface area contributed by atoms with Gasteiger partial charge in [-0.25, -0.2) is 0 Å². The maximum absolute atomic E-state index is 11.5. The molecule has 1 N–H and O–H groups in total. The molecule has 1 rings (SSSR count). The molecule has 0 saturated heterocycles. The van der Waals surface area contributed by atoms with Crippen molar-refractivity contribution in [3.63, 3.8) is 0 Å². The van der Waals surface area contributed by atoms with Crippen molar-refractivity contribution in [2.75, 3.05) is 20.3 Å². The number of hydrogen-bond acceptors (Lipinski definition) is 3. The molecule has 15 heavy (non-hydrogen) atoms. The van der Waals surface area contributed by atoms with Crippen LogP contribution in [-0.2, 0) is 11.3 Å². The highest BCUT2D eigenvalue weighted by Gasteiger charge is 2.07. The number of methoxy groups -OCH3 is 1. The lowest BCUT2D eigenvalue weighted by Crippen LogP contribution is -2.39. The second-order valence-corrected chi connectivity index (χ2v) is 3.40. The van der Waals surface area contributed by atoms with Crippen LogP contribution < -0.4 is 10.9 Å². The van der Waals surface area contributed by atoms with Gasteiger partial charge in [-0.15, -0.1) is 0 Å². The predicted octanol–water partition coefficient (Wildman–Crippen LogP) is 0.473. The number of aromatic nitrogens is 1. The topological polar surface area (TPSA) is 43.3 Å². The van der Waals surface area contributed by atoms with Gasteiger partial charge in [0.2, 0.25) is 0 Å². The molecule has 0 spiro atoms. The lowest BCUT2D eigenvalue weighted by Gasteiger charge is -2.17. The van der Waals surface area contributed by atoms with Crippen molar-refractivity contribution in [1.82, 2.24) is 9.88 Å². The van der Waals surface area contributed by atoms with E-state index in [1.807, 2.05) is 13.0 Å². The minimum atomic E-state index is 0.0245. The normalized spacial score (nSPS) is 12.7. The quantitative estimate of drug-likeness (QED) is 0.742. The van der Waals surface area contributed by atoms with Crippen LogP contribution in [0.1, 0.15) is 6.92 Å². The van der Waals surface area contributed by atoms with Crippen LogP contribution in [0.5, 0.6) is 0 Å². The second kappa shape index (κ2) is 6.37. The SMILES string of the molecule is CCNC(COC)Cn1ccccc1=O. The molecule has 0 aliphatic carbocycles. The van der Waals surface area contributed by atoms with Crippen LogP contribution in [0.15, 0.2) is 29.2 Å². The van der Waals surface area contributed by atoms with Gasteiger partial charge in [-0.3, -0.25) is 4.79 Å². The fourth-order valence-corrected chi connectivity index (χ4v) is 1.51. The first-order chi connectivity index (χ1) is 7.27. The molecule has 0 bridgehead atoms. The zero-order chi connectivity index (χ0) is 11.1. The van der Waals surface area contributed by atoms with E-state index in [1.165, 1.54) is 0 Å². The maximum Gasteiger partial charge on any atom is 0.250 e. The van der Waals surface area contributed by atoms with Crippen molar-refractivity contribution >= 4 is 0 Å². The largest absolute Gasteiger partial charge is 0.383 e. The molecule has 0 fully saturated rings. The number of nitrogens with one attached hydrogen (secondary N) is 1. The molecule has 0 amide bonds. The number of pyridine rings is 1. The Hall–Kier alpha value is -1.13. The first-order valence-corrected chi connectivity index (χ1v) is 5.15. The fourth-order valence-electron chi connectivity index (χ4n) is 1.51. The first kappa shape index (κ1) is 11.9. The minimum absolute atomic E-state index is 0.0245. The summed E-state index contributed by atoms with van der Waals surface area (Å²) in [6.07, 6.45) is 1.79. The van der Waals surface area contributed by atoms with E-state index in [9.17, 15) is 4.79 Å². The van der Waals surface area contributed by atoms with Crippen molar-refractivity contribution in [3.05, 3.63) is 34.7 Å². The molecular weight excluding hydrogens is 192 g/mol. The Morgan fingerprint density at radius 2 is 2.33 bits per heavy atom. The van der Waals surface area contributed by atoms with Gasteiger partial charge in [0, 0.05) is 32.0 Å². The van der Waals surface area contributed by atoms with Crippen LogP contribution in [0, 0.1) is 0 Å². The summed E-state index contributed by atoms with van der Waals surface area (Å²) in [5.41, 5.74) is 0.0245. The van der Waals surface area contributed by atoms with E-state index >= 15 is 0 Å². The van der Waals surface area contributed by atoms with Crippen LogP contribution in [-0.4, -0.2) is 30.9 Å².